The number of hydrogen-bond acceptors (Lipinski definition) is 4. The molecule has 0 aliphatic heterocycles. The highest BCUT2D eigenvalue weighted by atomic mass is 32.2. The highest BCUT2D eigenvalue weighted by Gasteiger charge is 1.99. The molecule has 78 valence electrons. The van der Waals surface area contributed by atoms with Crippen LogP contribution in [0.2, 0.25) is 0 Å². The molecule has 0 bridgehead atoms. The van der Waals surface area contributed by atoms with Crippen molar-refractivity contribution in [2.45, 2.75) is 17.7 Å². The Balaban J connectivity index is 2.13. The third-order valence-corrected chi connectivity index (χ3v) is 2.70. The first-order valence-corrected chi connectivity index (χ1v) is 5.32. The lowest BCUT2D eigenvalue weighted by atomic mass is 10.3. The molecule has 0 aliphatic rings. The van der Waals surface area contributed by atoms with Gasteiger partial charge in [-0.3, -0.25) is 14.9 Å². The zero-order chi connectivity index (χ0) is 10.4. The first-order chi connectivity index (χ1) is 6.72. The number of thioether (sulfide) groups is 1. The van der Waals surface area contributed by atoms with Gasteiger partial charge in [0.05, 0.1) is 6.20 Å². The molecule has 0 saturated heterocycles. The van der Waals surface area contributed by atoms with Crippen molar-refractivity contribution in [3.8, 4) is 0 Å². The summed E-state index contributed by atoms with van der Waals surface area (Å²) in [6.07, 6.45) is 5.06. The van der Waals surface area contributed by atoms with Gasteiger partial charge in [0, 0.05) is 24.6 Å². The van der Waals surface area contributed by atoms with Crippen molar-refractivity contribution in [2.75, 3.05) is 5.75 Å². The maximum absolute atomic E-state index is 10.8. The number of nitrogens with zero attached hydrogens (tertiary/aromatic N) is 2. The summed E-state index contributed by atoms with van der Waals surface area (Å²) in [5, 5.41) is 4.04. The molecule has 0 aliphatic carbocycles. The second kappa shape index (κ2) is 5.66. The predicted octanol–water partition coefficient (Wildman–Crippen LogP) is 0.282. The standard InChI is InChI=1S/C8H14N4OS/c1-12-6-7(5-10-12)14-4-2-3-8(13)11-9/h5-6H,2-4,9H2,1H3,(H,11,13). The van der Waals surface area contributed by atoms with E-state index in [4.69, 9.17) is 5.84 Å². The summed E-state index contributed by atoms with van der Waals surface area (Å²) in [6, 6.07) is 0. The smallest absolute Gasteiger partial charge is 0.233 e. The Hall–Kier alpha value is -1.01. The summed E-state index contributed by atoms with van der Waals surface area (Å²) < 4.78 is 1.76. The fourth-order valence-electron chi connectivity index (χ4n) is 0.968. The Morgan fingerprint density at radius 1 is 1.79 bits per heavy atom. The average molecular weight is 214 g/mol. The number of rotatable bonds is 5. The molecule has 6 heteroatoms. The Morgan fingerprint density at radius 3 is 3.14 bits per heavy atom. The minimum atomic E-state index is -0.114. The van der Waals surface area contributed by atoms with Gasteiger partial charge in [0.2, 0.25) is 5.91 Å². The van der Waals surface area contributed by atoms with Crippen molar-refractivity contribution < 1.29 is 4.79 Å². The summed E-state index contributed by atoms with van der Waals surface area (Å²) in [6.45, 7) is 0. The van der Waals surface area contributed by atoms with Crippen LogP contribution in [0.15, 0.2) is 17.3 Å². The number of carbonyl (C=O) groups excluding carboxylic acids is 1. The van der Waals surface area contributed by atoms with Gasteiger partial charge in [-0.15, -0.1) is 11.8 Å². The molecule has 0 radical (unpaired) electrons. The average Bonchev–Trinajstić information content (AvgIpc) is 2.58. The normalized spacial score (nSPS) is 10.1. The topological polar surface area (TPSA) is 72.9 Å². The van der Waals surface area contributed by atoms with Gasteiger partial charge in [0.25, 0.3) is 0 Å². The molecule has 0 saturated carbocycles. The summed E-state index contributed by atoms with van der Waals surface area (Å²) in [7, 11) is 1.88. The quantitative estimate of drug-likeness (QED) is 0.243. The molecule has 1 rings (SSSR count). The summed E-state index contributed by atoms with van der Waals surface area (Å²) in [5.41, 5.74) is 2.10. The van der Waals surface area contributed by atoms with E-state index < -0.39 is 0 Å². The van der Waals surface area contributed by atoms with Crippen LogP contribution >= 0.6 is 11.8 Å². The van der Waals surface area contributed by atoms with Crippen LogP contribution < -0.4 is 11.3 Å². The van der Waals surface area contributed by atoms with E-state index in [1.165, 1.54) is 0 Å². The van der Waals surface area contributed by atoms with Gasteiger partial charge in [-0.1, -0.05) is 0 Å². The lowest BCUT2D eigenvalue weighted by molar-refractivity contribution is -0.121. The Kier molecular flexibility index (Phi) is 4.48. The molecule has 1 heterocycles. The van der Waals surface area contributed by atoms with Crippen LogP contribution in [0.1, 0.15) is 12.8 Å². The molecular formula is C8H14N4OS. The number of aromatic nitrogens is 2. The van der Waals surface area contributed by atoms with Crippen molar-refractivity contribution in [3.63, 3.8) is 0 Å². The lowest BCUT2D eigenvalue weighted by Crippen LogP contribution is -2.29. The van der Waals surface area contributed by atoms with E-state index in [2.05, 4.69) is 10.5 Å². The van der Waals surface area contributed by atoms with Crippen LogP contribution in [-0.2, 0) is 11.8 Å². The first kappa shape index (κ1) is 11.1. The molecule has 0 spiro atoms. The number of amides is 1. The lowest BCUT2D eigenvalue weighted by Gasteiger charge is -1.98. The van der Waals surface area contributed by atoms with Gasteiger partial charge in [0.1, 0.15) is 0 Å². The third kappa shape index (κ3) is 3.80. The van der Waals surface area contributed by atoms with Crippen molar-refractivity contribution in [1.29, 1.82) is 0 Å². The monoisotopic (exact) mass is 214 g/mol. The van der Waals surface area contributed by atoms with Crippen molar-refractivity contribution in [2.24, 2.45) is 12.9 Å². The van der Waals surface area contributed by atoms with Gasteiger partial charge < -0.3 is 0 Å². The first-order valence-electron chi connectivity index (χ1n) is 4.33. The molecule has 0 unspecified atom stereocenters. The second-order valence-corrected chi connectivity index (χ2v) is 4.04. The van der Waals surface area contributed by atoms with Crippen LogP contribution in [0.4, 0.5) is 0 Å². The van der Waals surface area contributed by atoms with Gasteiger partial charge in [-0.2, -0.15) is 5.10 Å². The number of nitrogens with one attached hydrogen (secondary N) is 1. The molecule has 1 aromatic heterocycles. The van der Waals surface area contributed by atoms with Gasteiger partial charge >= 0.3 is 0 Å². The van der Waals surface area contributed by atoms with Gasteiger partial charge in [-0.25, -0.2) is 5.84 Å². The number of aryl methyl sites for hydroxylation is 1. The highest BCUT2D eigenvalue weighted by molar-refractivity contribution is 7.99. The van der Waals surface area contributed by atoms with E-state index in [0.29, 0.717) is 6.42 Å². The van der Waals surface area contributed by atoms with Crippen molar-refractivity contribution in [3.05, 3.63) is 12.4 Å². The zero-order valence-corrected chi connectivity index (χ0v) is 8.88. The molecule has 3 N–H and O–H groups in total. The minimum absolute atomic E-state index is 0.114. The SMILES string of the molecule is Cn1cc(SCCCC(=O)NN)cn1. The summed E-state index contributed by atoms with van der Waals surface area (Å²) in [5.74, 6) is 5.74. The van der Waals surface area contributed by atoms with Gasteiger partial charge in [0.15, 0.2) is 0 Å². The van der Waals surface area contributed by atoms with Crippen LogP contribution in [0.3, 0.4) is 0 Å². The molecule has 0 atom stereocenters. The third-order valence-electron chi connectivity index (χ3n) is 1.66. The van der Waals surface area contributed by atoms with Crippen LogP contribution in [0.5, 0.6) is 0 Å². The van der Waals surface area contributed by atoms with Crippen LogP contribution in [0, 0.1) is 0 Å². The van der Waals surface area contributed by atoms with Crippen LogP contribution in [0.25, 0.3) is 0 Å². The number of carbonyl (C=O) groups is 1. The minimum Gasteiger partial charge on any atom is -0.294 e. The van der Waals surface area contributed by atoms with E-state index in [1.807, 2.05) is 19.4 Å². The van der Waals surface area contributed by atoms with Gasteiger partial charge in [-0.05, 0) is 12.2 Å². The van der Waals surface area contributed by atoms with E-state index in [-0.39, 0.29) is 5.91 Å². The Labute approximate surface area is 87.0 Å². The number of hydrazine groups is 1. The molecular weight excluding hydrogens is 200 g/mol. The molecule has 1 amide bonds. The van der Waals surface area contributed by atoms with E-state index in [1.54, 1.807) is 16.4 Å². The molecule has 5 nitrogen and oxygen atoms in total. The maximum Gasteiger partial charge on any atom is 0.233 e. The molecule has 14 heavy (non-hydrogen) atoms. The van der Waals surface area contributed by atoms with Crippen molar-refractivity contribution in [1.82, 2.24) is 15.2 Å². The maximum atomic E-state index is 10.8. The second-order valence-electron chi connectivity index (χ2n) is 2.87. The predicted molar refractivity (Wildman–Crippen MR) is 55.5 cm³/mol. The molecule has 0 aromatic carbocycles. The van der Waals surface area contributed by atoms with Crippen molar-refractivity contribution >= 4 is 17.7 Å². The summed E-state index contributed by atoms with van der Waals surface area (Å²) in [4.78, 5) is 11.9. The fourth-order valence-corrected chi connectivity index (χ4v) is 1.84. The summed E-state index contributed by atoms with van der Waals surface area (Å²) >= 11 is 1.69. The number of hydrogen-bond donors (Lipinski definition) is 2. The number of nitrogens with two attached hydrogens (primary N) is 1. The fraction of sp³-hybridized carbons (Fsp3) is 0.500. The Bertz CT molecular complexity index is 299. The van der Waals surface area contributed by atoms with E-state index >= 15 is 0 Å². The van der Waals surface area contributed by atoms with E-state index in [9.17, 15) is 4.79 Å². The largest absolute Gasteiger partial charge is 0.294 e. The van der Waals surface area contributed by atoms with Crippen LogP contribution in [-0.4, -0.2) is 21.4 Å². The molecule has 0 fully saturated rings. The highest BCUT2D eigenvalue weighted by Crippen LogP contribution is 2.17. The zero-order valence-electron chi connectivity index (χ0n) is 8.06. The Morgan fingerprint density at radius 2 is 2.57 bits per heavy atom. The molecule has 1 aromatic rings. The van der Waals surface area contributed by atoms with E-state index in [0.717, 1.165) is 17.1 Å².